The molecule has 4 N–H and O–H groups in total. The Bertz CT molecular complexity index is 1500. The van der Waals surface area contributed by atoms with Gasteiger partial charge in [-0.25, -0.2) is 26.3 Å². The molecular weight excluding hydrogens is 552 g/mol. The normalized spacial score (nSPS) is 17.8. The fraction of sp³-hybridized carbons (Fsp3) is 0.500. The lowest BCUT2D eigenvalue weighted by Gasteiger charge is -2.22. The fourth-order valence-corrected chi connectivity index (χ4v) is 8.41. The molecule has 0 aliphatic heterocycles. The van der Waals surface area contributed by atoms with Crippen LogP contribution in [0, 0.1) is 16.7 Å². The lowest BCUT2D eigenvalue weighted by atomic mass is 9.90. The van der Waals surface area contributed by atoms with Crippen LogP contribution in [0.25, 0.3) is 21.5 Å². The van der Waals surface area contributed by atoms with E-state index < -0.39 is 20.0 Å². The lowest BCUT2D eigenvalue weighted by Crippen LogP contribution is -2.30. The number of anilines is 1. The van der Waals surface area contributed by atoms with Crippen LogP contribution in [0.4, 0.5) is 11.4 Å². The molecule has 5 rings (SSSR count). The second-order valence-electron chi connectivity index (χ2n) is 11.1. The van der Waals surface area contributed by atoms with E-state index in [1.165, 1.54) is 49.2 Å². The Morgan fingerprint density at radius 3 is 1.48 bits per heavy atom. The van der Waals surface area contributed by atoms with Gasteiger partial charge in [0.05, 0.1) is 15.5 Å². The number of rotatable bonds is 10. The van der Waals surface area contributed by atoms with Crippen LogP contribution in [-0.4, -0.2) is 35.1 Å². The highest BCUT2D eigenvalue weighted by Crippen LogP contribution is 2.43. The summed E-state index contributed by atoms with van der Waals surface area (Å²) in [7, 11) is -7.76. The molecule has 0 amide bonds. The van der Waals surface area contributed by atoms with Crippen molar-refractivity contribution in [1.29, 1.82) is 0 Å². The Balaban J connectivity index is 1.52. The third-order valence-corrected chi connectivity index (χ3v) is 11.3. The van der Waals surface area contributed by atoms with E-state index in [1.807, 2.05) is 0 Å². The Kier molecular flexibility index (Phi) is 8.72. The van der Waals surface area contributed by atoms with Crippen molar-refractivity contribution in [2.24, 2.45) is 17.0 Å². The molecule has 2 aliphatic rings. The van der Waals surface area contributed by atoms with Gasteiger partial charge in [0.25, 0.3) is 0 Å². The van der Waals surface area contributed by atoms with Crippen molar-refractivity contribution in [3.8, 4) is 0 Å². The van der Waals surface area contributed by atoms with E-state index in [2.05, 4.69) is 20.1 Å². The molecule has 0 atom stereocenters. The van der Waals surface area contributed by atoms with Gasteiger partial charge < -0.3 is 0 Å². The van der Waals surface area contributed by atoms with Gasteiger partial charge in [0.1, 0.15) is 5.69 Å². The highest BCUT2D eigenvalue weighted by atomic mass is 32.2. The minimum atomic E-state index is -3.88. The molecule has 0 heterocycles. The number of nitrogens with zero attached hydrogens (tertiary/aromatic N) is 1. The molecule has 216 valence electrons. The molecule has 0 spiro atoms. The number of hydrogen-bond acceptors (Lipinski definition) is 8. The molecule has 2 fully saturated rings. The summed E-state index contributed by atoms with van der Waals surface area (Å²) in [5.41, 5.74) is 2.26. The highest BCUT2D eigenvalue weighted by molar-refractivity contribution is 7.89. The Morgan fingerprint density at radius 2 is 1.10 bits per heavy atom. The van der Waals surface area contributed by atoms with E-state index in [1.54, 1.807) is 0 Å². The topological polar surface area (TPSA) is 154 Å². The van der Waals surface area contributed by atoms with Gasteiger partial charge in [-0.2, -0.15) is 0 Å². The number of nitrogens with one attached hydrogen (secondary N) is 3. The third kappa shape index (κ3) is 6.01. The summed E-state index contributed by atoms with van der Waals surface area (Å²) in [5.74, 6) is 0.579. The summed E-state index contributed by atoms with van der Waals surface area (Å²) in [4.78, 5) is 12.1. The minimum absolute atomic E-state index is 0.0399. The number of sulfonamides is 2. The predicted molar refractivity (Wildman–Crippen MR) is 156 cm³/mol. The van der Waals surface area contributed by atoms with Gasteiger partial charge in [-0.05, 0) is 67.0 Å². The van der Waals surface area contributed by atoms with Gasteiger partial charge in [0.2, 0.25) is 20.0 Å². The molecule has 3 aromatic rings. The van der Waals surface area contributed by atoms with Gasteiger partial charge in [0, 0.05) is 34.6 Å². The molecule has 0 bridgehead atoms. The average Bonchev–Trinajstić information content (AvgIpc) is 2.98. The van der Waals surface area contributed by atoms with Gasteiger partial charge in [-0.1, -0.05) is 50.7 Å². The number of benzene rings is 3. The summed E-state index contributed by atoms with van der Waals surface area (Å²) in [6.45, 7) is 0.685. The smallest absolute Gasteiger partial charge is 0.240 e. The summed E-state index contributed by atoms with van der Waals surface area (Å²) in [6, 6.07) is 8.54. The van der Waals surface area contributed by atoms with Gasteiger partial charge in [0.15, 0.2) is 0 Å². The van der Waals surface area contributed by atoms with Crippen LogP contribution in [0.2, 0.25) is 0 Å². The van der Waals surface area contributed by atoms with Crippen LogP contribution in [0.15, 0.2) is 51.4 Å². The quantitative estimate of drug-likeness (QED) is 0.130. The molecule has 12 heteroatoms. The molecule has 0 unspecified atom stereocenters. The molecular formula is C28H36N4O6S2. The van der Waals surface area contributed by atoms with E-state index >= 15 is 0 Å². The molecule has 0 saturated heterocycles. The number of hydrogen-bond donors (Lipinski definition) is 4. The Morgan fingerprint density at radius 1 is 0.675 bits per heavy atom. The van der Waals surface area contributed by atoms with Crippen LogP contribution >= 0.6 is 0 Å². The lowest BCUT2D eigenvalue weighted by molar-refractivity contribution is 0.357. The maximum absolute atomic E-state index is 13.2. The Hall–Kier alpha value is -2.64. The molecule has 3 aromatic carbocycles. The number of fused-ring (bicyclic) bond motifs is 2. The Labute approximate surface area is 235 Å². The molecule has 0 aromatic heterocycles. The van der Waals surface area contributed by atoms with Crippen LogP contribution < -0.4 is 14.9 Å². The van der Waals surface area contributed by atoms with Crippen LogP contribution in [0.5, 0.6) is 0 Å². The number of nitroso groups, excluding NO2 is 1. The summed E-state index contributed by atoms with van der Waals surface area (Å²) >= 11 is 0. The van der Waals surface area contributed by atoms with Crippen molar-refractivity contribution >= 4 is 53.0 Å². The van der Waals surface area contributed by atoms with Crippen LogP contribution in [0.1, 0.15) is 64.2 Å². The zero-order chi connectivity index (χ0) is 28.3. The van der Waals surface area contributed by atoms with E-state index in [-0.39, 0.29) is 43.8 Å². The standard InChI is InChI=1S/C28H36N4O6S2/c33-31-27-23-13-11-21(39(35,36)29-17-19-7-3-1-4-8-19)15-25(23)28(32-34)26-16-22(12-14-24(26)27)40(37,38)30-18-20-9-5-2-6-10-20/h11-16,19-20,29-31,33H,1-10,17-18H2. The minimum Gasteiger partial charge on any atom is -0.291 e. The second-order valence-corrected chi connectivity index (χ2v) is 14.6. The molecule has 10 nitrogen and oxygen atoms in total. The molecule has 2 aliphatic carbocycles. The highest BCUT2D eigenvalue weighted by Gasteiger charge is 2.24. The van der Waals surface area contributed by atoms with E-state index in [9.17, 15) is 26.9 Å². The molecule has 2 saturated carbocycles. The largest absolute Gasteiger partial charge is 0.291 e. The molecule has 40 heavy (non-hydrogen) atoms. The van der Waals surface area contributed by atoms with Gasteiger partial charge in [-0.15, -0.1) is 4.91 Å². The summed E-state index contributed by atoms with van der Waals surface area (Å²) in [5, 5.41) is 14.3. The summed E-state index contributed by atoms with van der Waals surface area (Å²) in [6.07, 6.45) is 10.6. The first kappa shape index (κ1) is 28.9. The van der Waals surface area contributed by atoms with Crippen molar-refractivity contribution in [1.82, 2.24) is 9.44 Å². The van der Waals surface area contributed by atoms with Crippen molar-refractivity contribution in [2.75, 3.05) is 18.6 Å². The van der Waals surface area contributed by atoms with Crippen LogP contribution in [-0.2, 0) is 20.0 Å². The zero-order valence-corrected chi connectivity index (χ0v) is 24.0. The zero-order valence-electron chi connectivity index (χ0n) is 22.4. The fourth-order valence-electron chi connectivity index (χ4n) is 6.12. The van der Waals surface area contributed by atoms with E-state index in [0.29, 0.717) is 23.9 Å². The van der Waals surface area contributed by atoms with Gasteiger partial charge in [-0.3, -0.25) is 10.7 Å². The van der Waals surface area contributed by atoms with Crippen molar-refractivity contribution < 1.29 is 22.0 Å². The molecule has 0 radical (unpaired) electrons. The SMILES string of the molecule is O=Nc1c2cc(S(=O)(=O)NCC3CCCCC3)ccc2c(NO)c2ccc(S(=O)(=O)NCC3CCCCC3)cc12. The van der Waals surface area contributed by atoms with Crippen LogP contribution in [0.3, 0.4) is 0 Å². The predicted octanol–water partition coefficient (Wildman–Crippen LogP) is 5.91. The van der Waals surface area contributed by atoms with E-state index in [4.69, 9.17) is 0 Å². The maximum Gasteiger partial charge on any atom is 0.240 e. The van der Waals surface area contributed by atoms with E-state index in [0.717, 1.165) is 51.4 Å². The average molecular weight is 589 g/mol. The van der Waals surface area contributed by atoms with Crippen molar-refractivity contribution in [3.63, 3.8) is 0 Å². The van der Waals surface area contributed by atoms with Crippen molar-refractivity contribution in [3.05, 3.63) is 41.3 Å². The first-order valence-electron chi connectivity index (χ1n) is 14.0. The monoisotopic (exact) mass is 588 g/mol. The van der Waals surface area contributed by atoms with Gasteiger partial charge >= 0.3 is 0 Å². The van der Waals surface area contributed by atoms with Crippen molar-refractivity contribution in [2.45, 2.75) is 74.0 Å². The first-order chi connectivity index (χ1) is 19.2. The second kappa shape index (κ2) is 12.1. The first-order valence-corrected chi connectivity index (χ1v) is 17.0. The maximum atomic E-state index is 13.2. The summed E-state index contributed by atoms with van der Waals surface area (Å²) < 4.78 is 58.0. The third-order valence-electron chi connectivity index (χ3n) is 8.43.